The third-order valence-electron chi connectivity index (χ3n) is 4.53. The summed E-state index contributed by atoms with van der Waals surface area (Å²) in [5, 5.41) is 6.28. The number of ether oxygens (including phenoxy) is 1. The first-order chi connectivity index (χ1) is 10.2. The first-order valence-electron chi connectivity index (χ1n) is 8.16. The van der Waals surface area contributed by atoms with Crippen molar-refractivity contribution in [1.82, 2.24) is 15.5 Å². The molecule has 0 aromatic heterocycles. The van der Waals surface area contributed by atoms with E-state index in [1.807, 2.05) is 0 Å². The van der Waals surface area contributed by atoms with Crippen LogP contribution < -0.4 is 10.6 Å². The standard InChI is InChI=1S/C15H25N3O3/c19-14(10-21-12-5-7-16-8-6-12)18-9-1-2-13(18)15(20)17-11-3-4-11/h11-13,16H,1-10H2,(H,17,20). The van der Waals surface area contributed by atoms with Crippen molar-refractivity contribution in [2.45, 2.75) is 56.7 Å². The molecule has 0 radical (unpaired) electrons. The maximum Gasteiger partial charge on any atom is 0.249 e. The molecule has 0 bridgehead atoms. The van der Waals surface area contributed by atoms with Crippen LogP contribution in [0.3, 0.4) is 0 Å². The lowest BCUT2D eigenvalue weighted by Crippen LogP contribution is -2.48. The predicted molar refractivity (Wildman–Crippen MR) is 77.7 cm³/mol. The Balaban J connectivity index is 1.46. The van der Waals surface area contributed by atoms with E-state index in [4.69, 9.17) is 4.74 Å². The van der Waals surface area contributed by atoms with E-state index in [0.29, 0.717) is 12.6 Å². The Hall–Kier alpha value is -1.14. The molecule has 2 aliphatic heterocycles. The molecule has 2 saturated heterocycles. The van der Waals surface area contributed by atoms with Crippen molar-refractivity contribution in [2.75, 3.05) is 26.2 Å². The Morgan fingerprint density at radius 3 is 2.62 bits per heavy atom. The number of rotatable bonds is 5. The van der Waals surface area contributed by atoms with E-state index in [1.165, 1.54) is 0 Å². The van der Waals surface area contributed by atoms with Gasteiger partial charge in [0.2, 0.25) is 11.8 Å². The quantitative estimate of drug-likeness (QED) is 0.750. The molecule has 3 fully saturated rings. The second-order valence-electron chi connectivity index (χ2n) is 6.29. The van der Waals surface area contributed by atoms with E-state index < -0.39 is 0 Å². The largest absolute Gasteiger partial charge is 0.368 e. The lowest BCUT2D eigenvalue weighted by atomic mass is 10.1. The average molecular weight is 295 g/mol. The van der Waals surface area contributed by atoms with Crippen LogP contribution in [0.15, 0.2) is 0 Å². The predicted octanol–water partition coefficient (Wildman–Crippen LogP) is 0.0246. The number of nitrogens with zero attached hydrogens (tertiary/aromatic N) is 1. The van der Waals surface area contributed by atoms with Gasteiger partial charge in [0.25, 0.3) is 0 Å². The molecule has 3 rings (SSSR count). The van der Waals surface area contributed by atoms with Crippen molar-refractivity contribution in [1.29, 1.82) is 0 Å². The van der Waals surface area contributed by atoms with Crippen molar-refractivity contribution < 1.29 is 14.3 Å². The van der Waals surface area contributed by atoms with Crippen LogP contribution in [0.4, 0.5) is 0 Å². The number of likely N-dealkylation sites (tertiary alicyclic amines) is 1. The zero-order chi connectivity index (χ0) is 14.7. The second-order valence-corrected chi connectivity index (χ2v) is 6.29. The van der Waals surface area contributed by atoms with E-state index in [2.05, 4.69) is 10.6 Å². The zero-order valence-electron chi connectivity index (χ0n) is 12.5. The van der Waals surface area contributed by atoms with Gasteiger partial charge in [-0.25, -0.2) is 0 Å². The van der Waals surface area contributed by atoms with Crippen LogP contribution in [0.25, 0.3) is 0 Å². The molecular weight excluding hydrogens is 270 g/mol. The molecule has 1 atom stereocenters. The topological polar surface area (TPSA) is 70.7 Å². The Labute approximate surface area is 125 Å². The van der Waals surface area contributed by atoms with Crippen LogP contribution in [-0.4, -0.2) is 61.1 Å². The Kier molecular flexibility index (Phi) is 4.75. The van der Waals surface area contributed by atoms with E-state index in [9.17, 15) is 9.59 Å². The van der Waals surface area contributed by atoms with E-state index in [0.717, 1.165) is 51.6 Å². The Morgan fingerprint density at radius 2 is 1.90 bits per heavy atom. The van der Waals surface area contributed by atoms with Crippen molar-refractivity contribution in [3.8, 4) is 0 Å². The van der Waals surface area contributed by atoms with Crippen LogP contribution in [0, 0.1) is 0 Å². The van der Waals surface area contributed by atoms with Crippen LogP contribution in [-0.2, 0) is 14.3 Å². The van der Waals surface area contributed by atoms with Gasteiger partial charge in [0.15, 0.2) is 0 Å². The number of hydrogen-bond donors (Lipinski definition) is 2. The number of piperidine rings is 1. The molecule has 6 heteroatoms. The van der Waals surface area contributed by atoms with Crippen molar-refractivity contribution in [3.63, 3.8) is 0 Å². The third-order valence-corrected chi connectivity index (χ3v) is 4.53. The molecule has 3 aliphatic rings. The smallest absolute Gasteiger partial charge is 0.249 e. The highest BCUT2D eigenvalue weighted by molar-refractivity contribution is 5.89. The summed E-state index contributed by atoms with van der Waals surface area (Å²) in [4.78, 5) is 26.2. The average Bonchev–Trinajstić information content (AvgIpc) is 3.18. The fourth-order valence-electron chi connectivity index (χ4n) is 3.10. The highest BCUT2D eigenvalue weighted by atomic mass is 16.5. The van der Waals surface area contributed by atoms with Crippen molar-refractivity contribution in [3.05, 3.63) is 0 Å². The highest BCUT2D eigenvalue weighted by Crippen LogP contribution is 2.22. The van der Waals surface area contributed by atoms with Gasteiger partial charge in [-0.2, -0.15) is 0 Å². The molecule has 2 heterocycles. The van der Waals surface area contributed by atoms with E-state index in [-0.39, 0.29) is 30.6 Å². The molecule has 0 aromatic carbocycles. The van der Waals surface area contributed by atoms with Gasteiger partial charge in [0, 0.05) is 12.6 Å². The summed E-state index contributed by atoms with van der Waals surface area (Å²) in [6.07, 6.45) is 5.92. The molecular formula is C15H25N3O3. The van der Waals surface area contributed by atoms with Gasteiger partial charge in [-0.05, 0) is 51.6 Å². The van der Waals surface area contributed by atoms with Gasteiger partial charge in [0.05, 0.1) is 6.10 Å². The minimum absolute atomic E-state index is 0.0187. The van der Waals surface area contributed by atoms with Gasteiger partial charge in [-0.1, -0.05) is 0 Å². The summed E-state index contributed by atoms with van der Waals surface area (Å²) in [5.41, 5.74) is 0. The Morgan fingerprint density at radius 1 is 1.14 bits per heavy atom. The molecule has 1 aliphatic carbocycles. The maximum atomic E-state index is 12.3. The summed E-state index contributed by atoms with van der Waals surface area (Å²) in [7, 11) is 0. The van der Waals surface area contributed by atoms with Gasteiger partial charge >= 0.3 is 0 Å². The van der Waals surface area contributed by atoms with Crippen LogP contribution in [0.2, 0.25) is 0 Å². The summed E-state index contributed by atoms with van der Waals surface area (Å²) >= 11 is 0. The fraction of sp³-hybridized carbons (Fsp3) is 0.867. The summed E-state index contributed by atoms with van der Waals surface area (Å²) in [6, 6.07) is 0.0655. The van der Waals surface area contributed by atoms with Gasteiger partial charge in [0.1, 0.15) is 12.6 Å². The third kappa shape index (κ3) is 3.95. The van der Waals surface area contributed by atoms with Crippen molar-refractivity contribution >= 4 is 11.8 Å². The number of amides is 2. The van der Waals surface area contributed by atoms with Gasteiger partial charge in [-0.3, -0.25) is 9.59 Å². The summed E-state index contributed by atoms with van der Waals surface area (Å²) < 4.78 is 5.72. The normalized spacial score (nSPS) is 26.9. The molecule has 2 amide bonds. The number of carbonyl (C=O) groups is 2. The molecule has 118 valence electrons. The lowest BCUT2D eigenvalue weighted by Gasteiger charge is -2.26. The molecule has 0 aromatic rings. The monoisotopic (exact) mass is 295 g/mol. The first-order valence-corrected chi connectivity index (χ1v) is 8.16. The molecule has 2 N–H and O–H groups in total. The minimum atomic E-state index is -0.283. The molecule has 6 nitrogen and oxygen atoms in total. The summed E-state index contributed by atoms with van der Waals surface area (Å²) in [5.74, 6) is -0.0211. The Bertz CT molecular complexity index is 392. The molecule has 21 heavy (non-hydrogen) atoms. The van der Waals surface area contributed by atoms with E-state index in [1.54, 1.807) is 4.90 Å². The SMILES string of the molecule is O=C(NC1CC1)C1CCCN1C(=O)COC1CCNCC1. The highest BCUT2D eigenvalue weighted by Gasteiger charge is 2.36. The molecule has 1 saturated carbocycles. The van der Waals surface area contributed by atoms with Crippen LogP contribution in [0.1, 0.15) is 38.5 Å². The molecule has 1 unspecified atom stereocenters. The number of carbonyl (C=O) groups excluding carboxylic acids is 2. The van der Waals surface area contributed by atoms with Gasteiger partial charge in [-0.15, -0.1) is 0 Å². The summed E-state index contributed by atoms with van der Waals surface area (Å²) in [6.45, 7) is 2.69. The van der Waals surface area contributed by atoms with Crippen LogP contribution in [0.5, 0.6) is 0 Å². The van der Waals surface area contributed by atoms with Crippen molar-refractivity contribution in [2.24, 2.45) is 0 Å². The second kappa shape index (κ2) is 6.75. The number of hydrogen-bond acceptors (Lipinski definition) is 4. The lowest BCUT2D eigenvalue weighted by molar-refractivity contribution is -0.144. The first kappa shape index (κ1) is 14.8. The number of nitrogens with one attached hydrogen (secondary N) is 2. The van der Waals surface area contributed by atoms with E-state index >= 15 is 0 Å². The van der Waals surface area contributed by atoms with Crippen LogP contribution >= 0.6 is 0 Å². The zero-order valence-corrected chi connectivity index (χ0v) is 12.5. The minimum Gasteiger partial charge on any atom is -0.368 e. The maximum absolute atomic E-state index is 12.3. The van der Waals surface area contributed by atoms with Gasteiger partial charge < -0.3 is 20.3 Å². The molecule has 0 spiro atoms. The fourth-order valence-corrected chi connectivity index (χ4v) is 3.10.